The number of nitrogens with zero attached hydrogens (tertiary/aromatic N) is 4. The standard InChI is InChI=1S/C20H27N5O/c1-2-4-16(3-1)18-7-10-22-20(24-18)23-15-19(17-5-8-21-9-6-17)25-11-13-26-14-12-25/h5-10,16,19H,1-4,11-15H2,(H,22,23,24)/t19-/m1/s1. The Kier molecular flexibility index (Phi) is 5.72. The average Bonchev–Trinajstić information content (AvgIpc) is 3.25. The molecule has 0 bridgehead atoms. The Morgan fingerprint density at radius 1 is 1.08 bits per heavy atom. The van der Waals surface area contributed by atoms with E-state index in [2.05, 4.69) is 38.4 Å². The summed E-state index contributed by atoms with van der Waals surface area (Å²) in [5.41, 5.74) is 2.45. The molecule has 2 aliphatic rings. The van der Waals surface area contributed by atoms with Crippen LogP contribution in [-0.2, 0) is 4.74 Å². The number of rotatable bonds is 6. The highest BCUT2D eigenvalue weighted by molar-refractivity contribution is 5.28. The number of anilines is 1. The monoisotopic (exact) mass is 353 g/mol. The number of pyridine rings is 1. The van der Waals surface area contributed by atoms with Gasteiger partial charge in [-0.3, -0.25) is 9.88 Å². The van der Waals surface area contributed by atoms with Crippen molar-refractivity contribution in [1.29, 1.82) is 0 Å². The van der Waals surface area contributed by atoms with Crippen molar-refractivity contribution in [3.05, 3.63) is 48.0 Å². The third-order valence-corrected chi connectivity index (χ3v) is 5.48. The van der Waals surface area contributed by atoms with Gasteiger partial charge in [0, 0.05) is 49.8 Å². The highest BCUT2D eigenvalue weighted by atomic mass is 16.5. The molecule has 2 aromatic heterocycles. The summed E-state index contributed by atoms with van der Waals surface area (Å²) in [7, 11) is 0. The largest absolute Gasteiger partial charge is 0.379 e. The van der Waals surface area contributed by atoms with Crippen LogP contribution in [0.1, 0.15) is 48.9 Å². The van der Waals surface area contributed by atoms with Crippen molar-refractivity contribution in [2.24, 2.45) is 0 Å². The van der Waals surface area contributed by atoms with Gasteiger partial charge in [0.15, 0.2) is 0 Å². The number of hydrogen-bond acceptors (Lipinski definition) is 6. The van der Waals surface area contributed by atoms with Crippen LogP contribution in [0.2, 0.25) is 0 Å². The lowest BCUT2D eigenvalue weighted by atomic mass is 10.0. The van der Waals surface area contributed by atoms with Crippen LogP contribution in [-0.4, -0.2) is 52.7 Å². The molecule has 6 nitrogen and oxygen atoms in total. The summed E-state index contributed by atoms with van der Waals surface area (Å²) >= 11 is 0. The van der Waals surface area contributed by atoms with Crippen molar-refractivity contribution in [3.63, 3.8) is 0 Å². The molecule has 0 aromatic carbocycles. The van der Waals surface area contributed by atoms with E-state index in [9.17, 15) is 0 Å². The fourth-order valence-corrected chi connectivity index (χ4v) is 4.03. The smallest absolute Gasteiger partial charge is 0.222 e. The number of nitrogens with one attached hydrogen (secondary N) is 1. The van der Waals surface area contributed by atoms with E-state index in [1.807, 2.05) is 18.6 Å². The van der Waals surface area contributed by atoms with Crippen molar-refractivity contribution < 1.29 is 4.74 Å². The zero-order valence-electron chi connectivity index (χ0n) is 15.2. The zero-order valence-corrected chi connectivity index (χ0v) is 15.2. The van der Waals surface area contributed by atoms with Gasteiger partial charge in [-0.25, -0.2) is 9.97 Å². The second-order valence-electron chi connectivity index (χ2n) is 7.11. The van der Waals surface area contributed by atoms with Gasteiger partial charge in [-0.05, 0) is 36.6 Å². The highest BCUT2D eigenvalue weighted by Gasteiger charge is 2.23. The van der Waals surface area contributed by atoms with Gasteiger partial charge in [0.05, 0.1) is 19.3 Å². The molecule has 3 heterocycles. The summed E-state index contributed by atoms with van der Waals surface area (Å²) in [6.07, 6.45) is 10.8. The van der Waals surface area contributed by atoms with Gasteiger partial charge in [0.1, 0.15) is 0 Å². The minimum atomic E-state index is 0.264. The Bertz CT molecular complexity index is 684. The van der Waals surface area contributed by atoms with Crippen LogP contribution in [0.15, 0.2) is 36.8 Å². The van der Waals surface area contributed by atoms with E-state index in [0.717, 1.165) is 38.8 Å². The Labute approximate surface area is 155 Å². The second-order valence-corrected chi connectivity index (χ2v) is 7.11. The number of ether oxygens (including phenoxy) is 1. The van der Waals surface area contributed by atoms with E-state index < -0.39 is 0 Å². The minimum absolute atomic E-state index is 0.264. The van der Waals surface area contributed by atoms with Gasteiger partial charge in [-0.2, -0.15) is 0 Å². The van der Waals surface area contributed by atoms with Crippen molar-refractivity contribution in [2.45, 2.75) is 37.6 Å². The number of hydrogen-bond donors (Lipinski definition) is 1. The summed E-state index contributed by atoms with van der Waals surface area (Å²) in [6, 6.07) is 6.53. The highest BCUT2D eigenvalue weighted by Crippen LogP contribution is 2.33. The maximum absolute atomic E-state index is 5.52. The predicted molar refractivity (Wildman–Crippen MR) is 101 cm³/mol. The molecular weight excluding hydrogens is 326 g/mol. The van der Waals surface area contributed by atoms with Crippen LogP contribution in [0.3, 0.4) is 0 Å². The van der Waals surface area contributed by atoms with Crippen molar-refractivity contribution in [1.82, 2.24) is 19.9 Å². The van der Waals surface area contributed by atoms with Crippen LogP contribution >= 0.6 is 0 Å². The van der Waals surface area contributed by atoms with E-state index >= 15 is 0 Å². The topological polar surface area (TPSA) is 63.2 Å². The van der Waals surface area contributed by atoms with Gasteiger partial charge in [-0.15, -0.1) is 0 Å². The van der Waals surface area contributed by atoms with Crippen LogP contribution in [0.4, 0.5) is 5.95 Å². The van der Waals surface area contributed by atoms with E-state index in [-0.39, 0.29) is 6.04 Å². The van der Waals surface area contributed by atoms with E-state index in [0.29, 0.717) is 5.92 Å². The lowest BCUT2D eigenvalue weighted by Crippen LogP contribution is -2.41. The van der Waals surface area contributed by atoms with E-state index in [1.165, 1.54) is 36.9 Å². The molecule has 26 heavy (non-hydrogen) atoms. The minimum Gasteiger partial charge on any atom is -0.379 e. The normalized spacial score (nSPS) is 20.2. The Morgan fingerprint density at radius 3 is 2.62 bits per heavy atom. The Morgan fingerprint density at radius 2 is 1.85 bits per heavy atom. The molecule has 1 aliphatic heterocycles. The summed E-state index contributed by atoms with van der Waals surface area (Å²) in [5, 5.41) is 3.48. The molecule has 0 amide bonds. The fourth-order valence-electron chi connectivity index (χ4n) is 4.03. The Hall–Kier alpha value is -2.05. The molecule has 6 heteroatoms. The summed E-state index contributed by atoms with van der Waals surface area (Å²) < 4.78 is 5.52. The second kappa shape index (κ2) is 8.56. The lowest BCUT2D eigenvalue weighted by Gasteiger charge is -2.34. The molecule has 1 aliphatic carbocycles. The summed E-state index contributed by atoms with van der Waals surface area (Å²) in [5.74, 6) is 1.34. The van der Waals surface area contributed by atoms with Gasteiger partial charge < -0.3 is 10.1 Å². The molecule has 0 unspecified atom stereocenters. The van der Waals surface area contributed by atoms with Gasteiger partial charge >= 0.3 is 0 Å². The van der Waals surface area contributed by atoms with Gasteiger partial charge in [0.2, 0.25) is 5.95 Å². The van der Waals surface area contributed by atoms with Crippen LogP contribution in [0.5, 0.6) is 0 Å². The first-order valence-corrected chi connectivity index (χ1v) is 9.69. The molecule has 1 atom stereocenters. The average molecular weight is 353 g/mol. The molecule has 1 saturated heterocycles. The number of morpholine rings is 1. The molecular formula is C20H27N5O. The molecule has 0 spiro atoms. The molecule has 0 radical (unpaired) electrons. The lowest BCUT2D eigenvalue weighted by molar-refractivity contribution is 0.0186. The molecule has 2 fully saturated rings. The first-order valence-electron chi connectivity index (χ1n) is 9.69. The molecule has 2 aromatic rings. The maximum Gasteiger partial charge on any atom is 0.222 e. The van der Waals surface area contributed by atoms with Crippen molar-refractivity contribution >= 4 is 5.95 Å². The van der Waals surface area contributed by atoms with E-state index in [1.54, 1.807) is 0 Å². The van der Waals surface area contributed by atoms with Crippen LogP contribution < -0.4 is 5.32 Å². The summed E-state index contributed by atoms with van der Waals surface area (Å²) in [6.45, 7) is 4.23. The maximum atomic E-state index is 5.52. The first-order chi connectivity index (χ1) is 12.9. The van der Waals surface area contributed by atoms with Gasteiger partial charge in [0.25, 0.3) is 0 Å². The first kappa shape index (κ1) is 17.4. The zero-order chi connectivity index (χ0) is 17.6. The Balaban J connectivity index is 1.46. The van der Waals surface area contributed by atoms with Gasteiger partial charge in [-0.1, -0.05) is 12.8 Å². The molecule has 1 N–H and O–H groups in total. The summed E-state index contributed by atoms with van der Waals surface area (Å²) in [4.78, 5) is 15.9. The molecule has 4 rings (SSSR count). The van der Waals surface area contributed by atoms with Crippen molar-refractivity contribution in [3.8, 4) is 0 Å². The van der Waals surface area contributed by atoms with E-state index in [4.69, 9.17) is 9.72 Å². The molecule has 1 saturated carbocycles. The molecule has 138 valence electrons. The predicted octanol–water partition coefficient (Wildman–Crippen LogP) is 3.01. The van der Waals surface area contributed by atoms with Crippen molar-refractivity contribution in [2.75, 3.05) is 38.2 Å². The number of aromatic nitrogens is 3. The third kappa shape index (κ3) is 4.19. The fraction of sp³-hybridized carbons (Fsp3) is 0.550. The third-order valence-electron chi connectivity index (χ3n) is 5.48. The van der Waals surface area contributed by atoms with Crippen LogP contribution in [0, 0.1) is 0 Å². The SMILES string of the molecule is c1cc([C@@H](CNc2nccc(C3CCCC3)n2)N2CCOCC2)ccn1. The quantitative estimate of drug-likeness (QED) is 0.861. The van der Waals surface area contributed by atoms with Crippen LogP contribution in [0.25, 0.3) is 0 Å².